The van der Waals surface area contributed by atoms with Gasteiger partial charge in [0.25, 0.3) is 0 Å². The van der Waals surface area contributed by atoms with E-state index in [1.54, 1.807) is 18.0 Å². The van der Waals surface area contributed by atoms with E-state index in [2.05, 4.69) is 10.3 Å². The predicted molar refractivity (Wildman–Crippen MR) is 97.4 cm³/mol. The summed E-state index contributed by atoms with van der Waals surface area (Å²) in [6.45, 7) is 4.13. The quantitative estimate of drug-likeness (QED) is 0.775. The number of para-hydroxylation sites is 1. The van der Waals surface area contributed by atoms with Crippen LogP contribution in [0.25, 0.3) is 10.2 Å². The third-order valence-electron chi connectivity index (χ3n) is 3.94. The number of hydrogen-bond acceptors (Lipinski definition) is 4. The first-order valence-corrected chi connectivity index (χ1v) is 8.39. The molecular formula is C18H18FN3OS. The number of amides is 1. The second-order valence-electron chi connectivity index (χ2n) is 5.73. The highest BCUT2D eigenvalue weighted by atomic mass is 32.1. The first kappa shape index (κ1) is 16.4. The molecule has 1 amide bonds. The average Bonchev–Trinajstić information content (AvgIpc) is 2.97. The van der Waals surface area contributed by atoms with E-state index < -0.39 is 0 Å². The predicted octanol–water partition coefficient (Wildman–Crippen LogP) is 4.13. The van der Waals surface area contributed by atoms with Crippen molar-refractivity contribution < 1.29 is 9.18 Å². The topological polar surface area (TPSA) is 45.2 Å². The lowest BCUT2D eigenvalue weighted by atomic mass is 10.1. The fourth-order valence-electron chi connectivity index (χ4n) is 2.43. The molecular weight excluding hydrogens is 325 g/mol. The Morgan fingerprint density at radius 3 is 2.75 bits per heavy atom. The van der Waals surface area contributed by atoms with Crippen molar-refractivity contribution in [3.8, 4) is 0 Å². The van der Waals surface area contributed by atoms with Crippen LogP contribution < -0.4 is 10.2 Å². The first-order valence-electron chi connectivity index (χ1n) is 7.58. The van der Waals surface area contributed by atoms with E-state index in [9.17, 15) is 9.18 Å². The van der Waals surface area contributed by atoms with Crippen LogP contribution in [0.5, 0.6) is 0 Å². The summed E-state index contributed by atoms with van der Waals surface area (Å²) >= 11 is 1.37. The van der Waals surface area contributed by atoms with Crippen LogP contribution in [0.4, 0.5) is 15.2 Å². The minimum Gasteiger partial charge on any atom is -0.342 e. The highest BCUT2D eigenvalue weighted by Gasteiger charge is 2.14. The minimum atomic E-state index is -0.344. The fraction of sp³-hybridized carbons (Fsp3) is 0.222. The van der Waals surface area contributed by atoms with Gasteiger partial charge >= 0.3 is 0 Å². The van der Waals surface area contributed by atoms with Crippen molar-refractivity contribution in [2.24, 2.45) is 0 Å². The highest BCUT2D eigenvalue weighted by Crippen LogP contribution is 2.29. The van der Waals surface area contributed by atoms with E-state index in [1.165, 1.54) is 17.4 Å². The molecule has 0 radical (unpaired) electrons. The molecule has 1 aromatic heterocycles. The standard InChI is InChI=1S/C18H18FN3OS/c1-11-6-4-8-14(12(11)2)20-16(23)10-22(3)18-21-17-13(19)7-5-9-15(17)24-18/h4-9H,10H2,1-3H3,(H,20,23). The molecule has 0 spiro atoms. The zero-order valence-corrected chi connectivity index (χ0v) is 14.6. The first-order chi connectivity index (χ1) is 11.5. The largest absolute Gasteiger partial charge is 0.342 e. The average molecular weight is 343 g/mol. The number of thiazole rings is 1. The zero-order valence-electron chi connectivity index (χ0n) is 13.8. The van der Waals surface area contributed by atoms with E-state index in [-0.39, 0.29) is 18.3 Å². The maximum Gasteiger partial charge on any atom is 0.243 e. The lowest BCUT2D eigenvalue weighted by Gasteiger charge is -2.16. The molecule has 24 heavy (non-hydrogen) atoms. The molecule has 124 valence electrons. The Balaban J connectivity index is 1.73. The lowest BCUT2D eigenvalue weighted by Crippen LogP contribution is -2.30. The molecule has 0 bridgehead atoms. The molecule has 0 saturated heterocycles. The van der Waals surface area contributed by atoms with Crippen LogP contribution in [0.2, 0.25) is 0 Å². The number of carbonyl (C=O) groups is 1. The number of hydrogen-bond donors (Lipinski definition) is 1. The van der Waals surface area contributed by atoms with Crippen molar-refractivity contribution in [2.75, 3.05) is 23.8 Å². The number of carbonyl (C=O) groups excluding carboxylic acids is 1. The van der Waals surface area contributed by atoms with Crippen LogP contribution in [0.1, 0.15) is 11.1 Å². The van der Waals surface area contributed by atoms with E-state index in [0.717, 1.165) is 21.5 Å². The van der Waals surface area contributed by atoms with E-state index >= 15 is 0 Å². The summed E-state index contributed by atoms with van der Waals surface area (Å²) in [6, 6.07) is 10.7. The molecule has 3 rings (SSSR count). The van der Waals surface area contributed by atoms with E-state index in [4.69, 9.17) is 0 Å². The summed E-state index contributed by atoms with van der Waals surface area (Å²) < 4.78 is 14.5. The second-order valence-corrected chi connectivity index (χ2v) is 6.74. The Hall–Kier alpha value is -2.47. The molecule has 2 aromatic carbocycles. The third kappa shape index (κ3) is 3.23. The van der Waals surface area contributed by atoms with Crippen LogP contribution in [0.15, 0.2) is 36.4 Å². The summed E-state index contributed by atoms with van der Waals surface area (Å²) in [6.07, 6.45) is 0. The minimum absolute atomic E-state index is 0.133. The van der Waals surface area contributed by atoms with Gasteiger partial charge in [-0.25, -0.2) is 9.37 Å². The van der Waals surface area contributed by atoms with Gasteiger partial charge in [-0.05, 0) is 43.2 Å². The van der Waals surface area contributed by atoms with Gasteiger partial charge in [-0.1, -0.05) is 29.5 Å². The van der Waals surface area contributed by atoms with E-state index in [1.807, 2.05) is 38.1 Å². The van der Waals surface area contributed by atoms with Crippen molar-refractivity contribution in [1.82, 2.24) is 4.98 Å². The lowest BCUT2D eigenvalue weighted by molar-refractivity contribution is -0.114. The van der Waals surface area contributed by atoms with Crippen molar-refractivity contribution in [3.05, 3.63) is 53.3 Å². The fourth-order valence-corrected chi connectivity index (χ4v) is 3.37. The number of fused-ring (bicyclic) bond motifs is 1. The molecule has 0 aliphatic heterocycles. The monoisotopic (exact) mass is 343 g/mol. The summed E-state index contributed by atoms with van der Waals surface area (Å²) in [7, 11) is 1.78. The van der Waals surface area contributed by atoms with Gasteiger partial charge in [0.1, 0.15) is 11.3 Å². The van der Waals surface area contributed by atoms with E-state index in [0.29, 0.717) is 10.6 Å². The summed E-state index contributed by atoms with van der Waals surface area (Å²) in [5, 5.41) is 3.54. The molecule has 0 aliphatic rings. The van der Waals surface area contributed by atoms with Gasteiger partial charge in [-0.2, -0.15) is 0 Å². The van der Waals surface area contributed by atoms with Crippen LogP contribution in [0, 0.1) is 19.7 Å². The van der Waals surface area contributed by atoms with Gasteiger partial charge in [-0.15, -0.1) is 0 Å². The van der Waals surface area contributed by atoms with Gasteiger partial charge < -0.3 is 10.2 Å². The molecule has 0 unspecified atom stereocenters. The molecule has 1 heterocycles. The smallest absolute Gasteiger partial charge is 0.243 e. The highest BCUT2D eigenvalue weighted by molar-refractivity contribution is 7.22. The SMILES string of the molecule is Cc1cccc(NC(=O)CN(C)c2nc3c(F)cccc3s2)c1C. The number of anilines is 2. The number of aryl methyl sites for hydroxylation is 1. The van der Waals surface area contributed by atoms with Crippen LogP contribution in [-0.2, 0) is 4.79 Å². The maximum atomic E-state index is 13.7. The zero-order chi connectivity index (χ0) is 17.3. The number of likely N-dealkylation sites (N-methyl/N-ethyl adjacent to an activating group) is 1. The van der Waals surface area contributed by atoms with Crippen molar-refractivity contribution in [1.29, 1.82) is 0 Å². The number of halogens is 1. The number of nitrogens with zero attached hydrogens (tertiary/aromatic N) is 2. The van der Waals surface area contributed by atoms with Crippen molar-refractivity contribution in [3.63, 3.8) is 0 Å². The number of benzene rings is 2. The molecule has 3 aromatic rings. The number of nitrogens with one attached hydrogen (secondary N) is 1. The van der Waals surface area contributed by atoms with Gasteiger partial charge in [0.05, 0.1) is 11.2 Å². The Labute approximate surface area is 143 Å². The molecule has 0 aliphatic carbocycles. The Bertz CT molecular complexity index is 906. The molecule has 1 N–H and O–H groups in total. The van der Waals surface area contributed by atoms with Crippen molar-refractivity contribution in [2.45, 2.75) is 13.8 Å². The van der Waals surface area contributed by atoms with Crippen molar-refractivity contribution >= 4 is 38.3 Å². The van der Waals surface area contributed by atoms with Gasteiger partial charge in [0, 0.05) is 12.7 Å². The summed E-state index contributed by atoms with van der Waals surface area (Å²) in [4.78, 5) is 18.3. The normalized spacial score (nSPS) is 10.8. The van der Waals surface area contributed by atoms with Gasteiger partial charge in [-0.3, -0.25) is 4.79 Å². The molecule has 6 heteroatoms. The molecule has 4 nitrogen and oxygen atoms in total. The van der Waals surface area contributed by atoms with Crippen LogP contribution in [-0.4, -0.2) is 24.5 Å². The molecule has 0 fully saturated rings. The Kier molecular flexibility index (Phi) is 4.49. The summed E-state index contributed by atoms with van der Waals surface area (Å²) in [5.41, 5.74) is 3.33. The van der Waals surface area contributed by atoms with Crippen LogP contribution >= 0.6 is 11.3 Å². The molecule has 0 saturated carbocycles. The number of aromatic nitrogens is 1. The molecule has 0 atom stereocenters. The number of rotatable bonds is 4. The van der Waals surface area contributed by atoms with Gasteiger partial charge in [0.15, 0.2) is 5.13 Å². The Morgan fingerprint density at radius 2 is 2.00 bits per heavy atom. The summed E-state index contributed by atoms with van der Waals surface area (Å²) in [5.74, 6) is -0.478. The van der Waals surface area contributed by atoms with Gasteiger partial charge in [0.2, 0.25) is 5.91 Å². The maximum absolute atomic E-state index is 13.7. The Morgan fingerprint density at radius 1 is 1.25 bits per heavy atom. The second kappa shape index (κ2) is 6.57. The van der Waals surface area contributed by atoms with Crippen LogP contribution in [0.3, 0.4) is 0 Å². The third-order valence-corrected chi connectivity index (χ3v) is 5.08.